The van der Waals surface area contributed by atoms with Crippen LogP contribution >= 0.6 is 11.6 Å². The number of fused-ring (bicyclic) bond motifs is 1. The molecule has 0 radical (unpaired) electrons. The first-order valence-corrected chi connectivity index (χ1v) is 6.73. The summed E-state index contributed by atoms with van der Waals surface area (Å²) in [5.74, 6) is -0.846. The molecule has 0 fully saturated rings. The topological polar surface area (TPSA) is 66.0 Å². The van der Waals surface area contributed by atoms with E-state index in [1.807, 2.05) is 0 Å². The number of pyridine rings is 1. The van der Waals surface area contributed by atoms with E-state index in [-0.39, 0.29) is 22.0 Å². The van der Waals surface area contributed by atoms with E-state index >= 15 is 0 Å². The average molecular weight is 341 g/mol. The number of aromatic amines is 1. The zero-order valence-electron chi connectivity index (χ0n) is 11.3. The molecule has 8 heteroatoms. The Morgan fingerprint density at radius 1 is 1.26 bits per heavy atom. The maximum Gasteiger partial charge on any atom is 0.433 e. The van der Waals surface area contributed by atoms with Crippen LogP contribution in [0.15, 0.2) is 36.5 Å². The second-order valence-electron chi connectivity index (χ2n) is 4.79. The fourth-order valence-corrected chi connectivity index (χ4v) is 2.34. The third-order valence-electron chi connectivity index (χ3n) is 3.27. The summed E-state index contributed by atoms with van der Waals surface area (Å²) in [5.41, 5.74) is -0.917. The monoisotopic (exact) mass is 340 g/mol. The van der Waals surface area contributed by atoms with E-state index in [1.165, 1.54) is 24.4 Å². The maximum absolute atomic E-state index is 12.7. The summed E-state index contributed by atoms with van der Waals surface area (Å²) in [6.45, 7) is 0. The lowest BCUT2D eigenvalue weighted by Gasteiger charge is -2.07. The molecule has 2 heterocycles. The Hall–Kier alpha value is -2.54. The third kappa shape index (κ3) is 2.75. The largest absolute Gasteiger partial charge is 0.506 e. The number of carbonyl (C=O) groups is 1. The number of rotatable bonds is 2. The molecule has 3 aromatic rings. The van der Waals surface area contributed by atoms with Crippen molar-refractivity contribution < 1.29 is 23.1 Å². The van der Waals surface area contributed by atoms with Gasteiger partial charge in [-0.05, 0) is 18.2 Å². The van der Waals surface area contributed by atoms with E-state index in [2.05, 4.69) is 9.97 Å². The van der Waals surface area contributed by atoms with Crippen molar-refractivity contribution in [2.24, 2.45) is 0 Å². The first-order valence-electron chi connectivity index (χ1n) is 6.36. The number of nitrogens with zero attached hydrogens (tertiary/aromatic N) is 1. The first kappa shape index (κ1) is 15.4. The van der Waals surface area contributed by atoms with Crippen LogP contribution in [0.1, 0.15) is 21.7 Å². The van der Waals surface area contributed by atoms with Gasteiger partial charge in [-0.25, -0.2) is 4.98 Å². The molecule has 0 aliphatic rings. The number of phenolic OH excluding ortho intramolecular Hbond substituents is 1. The molecule has 1 aromatic carbocycles. The molecule has 118 valence electrons. The Labute approximate surface area is 132 Å². The maximum atomic E-state index is 12.7. The van der Waals surface area contributed by atoms with Gasteiger partial charge in [0.1, 0.15) is 17.1 Å². The van der Waals surface area contributed by atoms with Crippen LogP contribution in [0.2, 0.25) is 5.02 Å². The Kier molecular flexibility index (Phi) is 3.52. The number of hydrogen-bond donors (Lipinski definition) is 2. The van der Waals surface area contributed by atoms with E-state index in [0.717, 1.165) is 12.1 Å². The number of ketones is 1. The van der Waals surface area contributed by atoms with Gasteiger partial charge in [0.05, 0.1) is 5.02 Å². The molecule has 2 aromatic heterocycles. The van der Waals surface area contributed by atoms with Gasteiger partial charge in [0.2, 0.25) is 5.78 Å². The number of hydrogen-bond acceptors (Lipinski definition) is 3. The zero-order valence-corrected chi connectivity index (χ0v) is 12.0. The minimum absolute atomic E-state index is 0.0307. The van der Waals surface area contributed by atoms with Crippen LogP contribution in [0.25, 0.3) is 10.9 Å². The van der Waals surface area contributed by atoms with E-state index < -0.39 is 17.7 Å². The number of alkyl halides is 3. The smallest absolute Gasteiger partial charge is 0.433 e. The molecule has 2 N–H and O–H groups in total. The summed E-state index contributed by atoms with van der Waals surface area (Å²) >= 11 is 5.81. The molecular formula is C15H8ClF3N2O2. The number of benzene rings is 1. The number of aromatic nitrogens is 2. The molecule has 4 nitrogen and oxygen atoms in total. The normalized spacial score (nSPS) is 11.8. The van der Waals surface area contributed by atoms with Crippen molar-refractivity contribution in [3.8, 4) is 5.75 Å². The first-order chi connectivity index (χ1) is 10.8. The molecule has 0 spiro atoms. The molecule has 23 heavy (non-hydrogen) atoms. The predicted molar refractivity (Wildman–Crippen MR) is 77.6 cm³/mol. The molecule has 0 bridgehead atoms. The number of nitrogens with one attached hydrogen (secondary N) is 1. The van der Waals surface area contributed by atoms with Gasteiger partial charge in [-0.2, -0.15) is 13.2 Å². The predicted octanol–water partition coefficient (Wildman–Crippen LogP) is 4.17. The number of H-pyrrole nitrogens is 1. The number of aromatic hydroxyl groups is 1. The van der Waals surface area contributed by atoms with Gasteiger partial charge < -0.3 is 10.1 Å². The zero-order chi connectivity index (χ0) is 16.8. The highest BCUT2D eigenvalue weighted by Gasteiger charge is 2.33. The highest BCUT2D eigenvalue weighted by Crippen LogP contribution is 2.32. The number of carbonyl (C=O) groups excluding carboxylic acids is 1. The summed E-state index contributed by atoms with van der Waals surface area (Å²) < 4.78 is 38.1. The van der Waals surface area contributed by atoms with Crippen LogP contribution in [0.5, 0.6) is 5.75 Å². The lowest BCUT2D eigenvalue weighted by molar-refractivity contribution is -0.141. The van der Waals surface area contributed by atoms with Crippen molar-refractivity contribution in [2.75, 3.05) is 0 Å². The molecule has 0 aliphatic carbocycles. The SMILES string of the molecule is O=C(c1cccc(C(F)(F)F)n1)c1c[nH]c2cc(O)c(Cl)cc12. The second kappa shape index (κ2) is 5.27. The van der Waals surface area contributed by atoms with E-state index in [1.54, 1.807) is 0 Å². The Balaban J connectivity index is 2.09. The fourth-order valence-electron chi connectivity index (χ4n) is 2.18. The van der Waals surface area contributed by atoms with Gasteiger partial charge in [0, 0.05) is 28.7 Å². The molecule has 0 atom stereocenters. The Bertz CT molecular complexity index is 919. The van der Waals surface area contributed by atoms with Gasteiger partial charge in [0.15, 0.2) is 0 Å². The highest BCUT2D eigenvalue weighted by atomic mass is 35.5. The summed E-state index contributed by atoms with van der Waals surface area (Å²) in [7, 11) is 0. The second-order valence-corrected chi connectivity index (χ2v) is 5.19. The van der Waals surface area contributed by atoms with E-state index in [0.29, 0.717) is 10.9 Å². The van der Waals surface area contributed by atoms with Crippen LogP contribution in [0.3, 0.4) is 0 Å². The molecule has 3 rings (SSSR count). The minimum atomic E-state index is -4.63. The van der Waals surface area contributed by atoms with Gasteiger partial charge in [-0.1, -0.05) is 17.7 Å². The summed E-state index contributed by atoms with van der Waals surface area (Å²) in [4.78, 5) is 18.6. The summed E-state index contributed by atoms with van der Waals surface area (Å²) in [6, 6.07) is 5.81. The van der Waals surface area contributed by atoms with E-state index in [9.17, 15) is 23.1 Å². The molecule has 0 saturated carbocycles. The van der Waals surface area contributed by atoms with Gasteiger partial charge >= 0.3 is 6.18 Å². The van der Waals surface area contributed by atoms with Crippen LogP contribution in [-0.2, 0) is 6.18 Å². The molecule has 0 saturated heterocycles. The van der Waals surface area contributed by atoms with Gasteiger partial charge in [-0.15, -0.1) is 0 Å². The van der Waals surface area contributed by atoms with Crippen molar-refractivity contribution in [2.45, 2.75) is 6.18 Å². The Morgan fingerprint density at radius 3 is 2.70 bits per heavy atom. The van der Waals surface area contributed by atoms with Crippen LogP contribution < -0.4 is 0 Å². The summed E-state index contributed by atoms with van der Waals surface area (Å²) in [5, 5.41) is 9.95. The van der Waals surface area contributed by atoms with Gasteiger partial charge in [-0.3, -0.25) is 4.79 Å². The number of phenols is 1. The molecular weight excluding hydrogens is 333 g/mol. The van der Waals surface area contributed by atoms with Crippen molar-refractivity contribution in [1.29, 1.82) is 0 Å². The quantitative estimate of drug-likeness (QED) is 0.688. The highest BCUT2D eigenvalue weighted by molar-refractivity contribution is 6.33. The standard InChI is InChI=1S/C15H8ClF3N2O2/c16-9-4-7-8(6-20-11(7)5-12(9)22)14(23)10-2-1-3-13(21-10)15(17,18)19/h1-6,20,22H. The van der Waals surface area contributed by atoms with Crippen LogP contribution in [-0.4, -0.2) is 20.9 Å². The van der Waals surface area contributed by atoms with Crippen molar-refractivity contribution in [1.82, 2.24) is 9.97 Å². The van der Waals surface area contributed by atoms with Crippen molar-refractivity contribution >= 4 is 28.3 Å². The van der Waals surface area contributed by atoms with Crippen LogP contribution in [0.4, 0.5) is 13.2 Å². The van der Waals surface area contributed by atoms with Crippen molar-refractivity contribution in [3.05, 3.63) is 58.5 Å². The van der Waals surface area contributed by atoms with Crippen LogP contribution in [0, 0.1) is 0 Å². The fraction of sp³-hybridized carbons (Fsp3) is 0.0667. The third-order valence-corrected chi connectivity index (χ3v) is 3.57. The van der Waals surface area contributed by atoms with E-state index in [4.69, 9.17) is 11.6 Å². The Morgan fingerprint density at radius 2 is 2.00 bits per heavy atom. The van der Waals surface area contributed by atoms with Crippen molar-refractivity contribution in [3.63, 3.8) is 0 Å². The minimum Gasteiger partial charge on any atom is -0.506 e. The average Bonchev–Trinajstić information content (AvgIpc) is 2.89. The number of halogens is 4. The molecule has 0 amide bonds. The lowest BCUT2D eigenvalue weighted by Crippen LogP contribution is -2.12. The molecule has 0 aliphatic heterocycles. The van der Waals surface area contributed by atoms with Gasteiger partial charge in [0.25, 0.3) is 0 Å². The lowest BCUT2D eigenvalue weighted by atomic mass is 10.1. The summed E-state index contributed by atoms with van der Waals surface area (Å²) in [6.07, 6.45) is -3.30. The molecule has 0 unspecified atom stereocenters.